The van der Waals surface area contributed by atoms with Gasteiger partial charge in [-0.05, 0) is 18.2 Å². The molecule has 0 bridgehead atoms. The van der Waals surface area contributed by atoms with E-state index in [0.29, 0.717) is 12.1 Å². The van der Waals surface area contributed by atoms with Crippen LogP contribution in [0.3, 0.4) is 0 Å². The fraction of sp³-hybridized carbons (Fsp3) is 0.133. The van der Waals surface area contributed by atoms with Crippen LogP contribution in [-0.4, -0.2) is 4.98 Å². The van der Waals surface area contributed by atoms with Crippen LogP contribution in [0.15, 0.2) is 36.5 Å². The predicted molar refractivity (Wildman–Crippen MR) is 67.6 cm³/mol. The zero-order valence-electron chi connectivity index (χ0n) is 10.8. The van der Waals surface area contributed by atoms with Crippen molar-refractivity contribution in [3.05, 3.63) is 53.2 Å². The van der Waals surface area contributed by atoms with Gasteiger partial charge in [-0.25, -0.2) is 0 Å². The minimum Gasteiger partial charge on any atom is -0.254 e. The third-order valence-corrected chi connectivity index (χ3v) is 2.85. The molecule has 0 atom stereocenters. The lowest BCUT2D eigenvalue weighted by Gasteiger charge is -2.13. The molecule has 0 radical (unpaired) electrons. The first-order valence-electron chi connectivity index (χ1n) is 5.84. The third-order valence-electron chi connectivity index (χ3n) is 2.85. The first kappa shape index (κ1) is 15.9. The van der Waals surface area contributed by atoms with Crippen molar-refractivity contribution in [2.24, 2.45) is 0 Å². The van der Waals surface area contributed by atoms with Gasteiger partial charge < -0.3 is 0 Å². The molecule has 2 rings (SSSR count). The first-order valence-corrected chi connectivity index (χ1v) is 5.84. The summed E-state index contributed by atoms with van der Waals surface area (Å²) in [7, 11) is 0. The summed E-state index contributed by atoms with van der Waals surface area (Å²) >= 11 is 0. The van der Waals surface area contributed by atoms with Crippen LogP contribution in [0.5, 0.6) is 0 Å². The van der Waals surface area contributed by atoms with Gasteiger partial charge in [0.25, 0.3) is 0 Å². The van der Waals surface area contributed by atoms with Crippen molar-refractivity contribution >= 4 is 0 Å². The summed E-state index contributed by atoms with van der Waals surface area (Å²) in [4.78, 5) is 3.63. The Morgan fingerprint density at radius 3 is 1.95 bits per heavy atom. The summed E-state index contributed by atoms with van der Waals surface area (Å²) < 4.78 is 76.5. The van der Waals surface area contributed by atoms with E-state index in [-0.39, 0.29) is 11.1 Å². The van der Waals surface area contributed by atoms with Crippen molar-refractivity contribution < 1.29 is 26.3 Å². The Morgan fingerprint density at radius 2 is 1.50 bits per heavy atom. The maximum Gasteiger partial charge on any atom is 0.418 e. The van der Waals surface area contributed by atoms with E-state index in [1.165, 1.54) is 0 Å². The average Bonchev–Trinajstić information content (AvgIpc) is 2.45. The van der Waals surface area contributed by atoms with Gasteiger partial charge in [-0.3, -0.25) is 4.98 Å². The Morgan fingerprint density at radius 1 is 0.909 bits per heavy atom. The summed E-state index contributed by atoms with van der Waals surface area (Å²) in [6.07, 6.45) is -3.19. The fourth-order valence-corrected chi connectivity index (χ4v) is 1.81. The summed E-state index contributed by atoms with van der Waals surface area (Å²) in [5.41, 5.74) is -2.67. The zero-order valence-corrected chi connectivity index (χ0v) is 10.8. The molecule has 0 amide bonds. The van der Waals surface area contributed by atoms with E-state index in [1.54, 1.807) is 0 Å². The molecular weight excluding hydrogens is 308 g/mol. The molecule has 2 aromatic rings. The number of nitrogens with zero attached hydrogens (tertiary/aromatic N) is 1. The highest BCUT2D eigenvalue weighted by Gasteiger charge is 2.35. The van der Waals surface area contributed by atoms with Crippen LogP contribution in [0, 0.1) is 12.3 Å². The maximum absolute atomic E-state index is 13.0. The molecule has 1 nitrogen and oxygen atoms in total. The van der Waals surface area contributed by atoms with E-state index >= 15 is 0 Å². The second kappa shape index (κ2) is 5.37. The van der Waals surface area contributed by atoms with Gasteiger partial charge >= 0.3 is 12.4 Å². The first-order chi connectivity index (χ1) is 10.1. The molecule has 22 heavy (non-hydrogen) atoms. The second-order valence-electron chi connectivity index (χ2n) is 4.34. The zero-order chi connectivity index (χ0) is 16.5. The molecule has 1 aromatic carbocycles. The largest absolute Gasteiger partial charge is 0.418 e. The molecule has 0 aliphatic rings. The van der Waals surface area contributed by atoms with Crippen molar-refractivity contribution in [1.29, 1.82) is 0 Å². The molecule has 7 heteroatoms. The van der Waals surface area contributed by atoms with E-state index in [1.807, 2.05) is 5.92 Å². The quantitative estimate of drug-likeness (QED) is 0.546. The standard InChI is InChI=1S/C15H7F6N/c1-2-9-7-12(15(19,20)21)13(22-8-9)10-3-5-11(6-4-10)14(16,17)18/h1,3-8H. The second-order valence-corrected chi connectivity index (χ2v) is 4.34. The summed E-state index contributed by atoms with van der Waals surface area (Å²) in [6, 6.07) is 4.02. The number of benzene rings is 1. The van der Waals surface area contributed by atoms with Gasteiger partial charge in [-0.1, -0.05) is 18.1 Å². The molecule has 0 N–H and O–H groups in total. The SMILES string of the molecule is C#Cc1cnc(-c2ccc(C(F)(F)F)cc2)c(C(F)(F)F)c1. The normalized spacial score (nSPS) is 12.0. The Labute approximate surface area is 121 Å². The van der Waals surface area contributed by atoms with Gasteiger partial charge in [-0.15, -0.1) is 6.42 Å². The highest BCUT2D eigenvalue weighted by Crippen LogP contribution is 2.37. The van der Waals surface area contributed by atoms with Gasteiger partial charge in [0.1, 0.15) is 0 Å². The number of hydrogen-bond acceptors (Lipinski definition) is 1. The molecule has 114 valence electrons. The molecule has 0 fully saturated rings. The number of hydrogen-bond donors (Lipinski definition) is 0. The highest BCUT2D eigenvalue weighted by atomic mass is 19.4. The van der Waals surface area contributed by atoms with Crippen molar-refractivity contribution in [3.8, 4) is 23.6 Å². The number of terminal acetylenes is 1. The van der Waals surface area contributed by atoms with Crippen LogP contribution in [0.2, 0.25) is 0 Å². The Balaban J connectivity index is 2.56. The highest BCUT2D eigenvalue weighted by molar-refractivity contribution is 5.65. The minimum atomic E-state index is -4.72. The molecule has 0 aliphatic heterocycles. The summed E-state index contributed by atoms with van der Waals surface area (Å²) in [5, 5.41) is 0. The van der Waals surface area contributed by atoms with Gasteiger partial charge in [0, 0.05) is 17.3 Å². The number of alkyl halides is 6. The van der Waals surface area contributed by atoms with Crippen molar-refractivity contribution in [2.75, 3.05) is 0 Å². The van der Waals surface area contributed by atoms with Crippen molar-refractivity contribution in [3.63, 3.8) is 0 Å². The van der Waals surface area contributed by atoms with Crippen LogP contribution < -0.4 is 0 Å². The topological polar surface area (TPSA) is 12.9 Å². The predicted octanol–water partition coefficient (Wildman–Crippen LogP) is 4.77. The molecule has 0 saturated heterocycles. The van der Waals surface area contributed by atoms with Crippen molar-refractivity contribution in [2.45, 2.75) is 12.4 Å². The molecule has 1 heterocycles. The van der Waals surface area contributed by atoms with Gasteiger partial charge in [0.2, 0.25) is 0 Å². The van der Waals surface area contributed by atoms with E-state index in [0.717, 1.165) is 24.4 Å². The Hall–Kier alpha value is -2.49. The van der Waals surface area contributed by atoms with Crippen LogP contribution in [0.25, 0.3) is 11.3 Å². The molecular formula is C15H7F6N. The lowest BCUT2D eigenvalue weighted by molar-refractivity contribution is -0.138. The molecule has 0 unspecified atom stereocenters. The fourth-order valence-electron chi connectivity index (χ4n) is 1.81. The Kier molecular flexibility index (Phi) is 3.88. The number of halogens is 6. The molecule has 0 aliphatic carbocycles. The van der Waals surface area contributed by atoms with E-state index in [2.05, 4.69) is 4.98 Å². The molecule has 0 spiro atoms. The number of pyridine rings is 1. The van der Waals surface area contributed by atoms with Crippen LogP contribution in [-0.2, 0) is 12.4 Å². The van der Waals surface area contributed by atoms with E-state index in [4.69, 9.17) is 6.42 Å². The third kappa shape index (κ3) is 3.22. The monoisotopic (exact) mass is 315 g/mol. The van der Waals surface area contributed by atoms with Gasteiger partial charge in [0.05, 0.1) is 16.8 Å². The van der Waals surface area contributed by atoms with E-state index in [9.17, 15) is 26.3 Å². The van der Waals surface area contributed by atoms with E-state index < -0.39 is 29.2 Å². The van der Waals surface area contributed by atoms with Crippen LogP contribution >= 0.6 is 0 Å². The molecule has 0 saturated carbocycles. The lowest BCUT2D eigenvalue weighted by atomic mass is 10.0. The van der Waals surface area contributed by atoms with Crippen LogP contribution in [0.4, 0.5) is 26.3 Å². The summed E-state index contributed by atoms with van der Waals surface area (Å²) in [6.45, 7) is 0. The number of aromatic nitrogens is 1. The minimum absolute atomic E-state index is 0.0667. The smallest absolute Gasteiger partial charge is 0.254 e. The van der Waals surface area contributed by atoms with Crippen molar-refractivity contribution in [1.82, 2.24) is 4.98 Å². The summed E-state index contributed by atoms with van der Waals surface area (Å²) in [5.74, 6) is 2.04. The lowest BCUT2D eigenvalue weighted by Crippen LogP contribution is -2.09. The van der Waals surface area contributed by atoms with Gasteiger partial charge in [-0.2, -0.15) is 26.3 Å². The maximum atomic E-state index is 13.0. The Bertz CT molecular complexity index is 720. The van der Waals surface area contributed by atoms with Crippen LogP contribution in [0.1, 0.15) is 16.7 Å². The number of rotatable bonds is 1. The van der Waals surface area contributed by atoms with Gasteiger partial charge in [0.15, 0.2) is 0 Å². The average molecular weight is 315 g/mol. The molecule has 1 aromatic heterocycles.